The average Bonchev–Trinajstić information content (AvgIpc) is 2.76. The molecule has 1 amide bonds. The Morgan fingerprint density at radius 3 is 3.00 bits per heavy atom. The van der Waals surface area contributed by atoms with Gasteiger partial charge in [-0.15, -0.1) is 0 Å². The normalized spacial score (nSPS) is 22.9. The maximum Gasteiger partial charge on any atom is 0.220 e. The van der Waals surface area contributed by atoms with Crippen molar-refractivity contribution in [2.24, 2.45) is 5.73 Å². The Labute approximate surface area is 108 Å². The van der Waals surface area contributed by atoms with E-state index in [0.717, 1.165) is 37.8 Å². The lowest BCUT2D eigenvalue weighted by Gasteiger charge is -2.12. The van der Waals surface area contributed by atoms with Crippen molar-refractivity contribution in [3.63, 3.8) is 0 Å². The van der Waals surface area contributed by atoms with Gasteiger partial charge < -0.3 is 11.1 Å². The van der Waals surface area contributed by atoms with Gasteiger partial charge in [0, 0.05) is 30.4 Å². The summed E-state index contributed by atoms with van der Waals surface area (Å²) in [6.45, 7) is 0. The molecule has 98 valence electrons. The molecule has 0 saturated heterocycles. The summed E-state index contributed by atoms with van der Waals surface area (Å²) in [6, 6.07) is 6.43. The van der Waals surface area contributed by atoms with Crippen LogP contribution in [0.1, 0.15) is 37.8 Å². The van der Waals surface area contributed by atoms with Crippen molar-refractivity contribution in [2.75, 3.05) is 0 Å². The fraction of sp³-hybridized carbons (Fsp3) is 0.571. The van der Waals surface area contributed by atoms with E-state index in [2.05, 4.69) is 10.3 Å². The topological polar surface area (TPSA) is 68.0 Å². The molecule has 1 aromatic heterocycles. The number of nitrogens with two attached hydrogens (primary N) is 1. The SMILES string of the molecule is NC1CCC(NC(=O)CCCc2ccccn2)C1. The van der Waals surface area contributed by atoms with Crippen molar-refractivity contribution in [1.29, 1.82) is 0 Å². The van der Waals surface area contributed by atoms with Crippen LogP contribution in [0.2, 0.25) is 0 Å². The van der Waals surface area contributed by atoms with E-state index in [4.69, 9.17) is 5.73 Å². The zero-order valence-electron chi connectivity index (χ0n) is 10.6. The van der Waals surface area contributed by atoms with E-state index in [-0.39, 0.29) is 11.9 Å². The molecule has 1 fully saturated rings. The smallest absolute Gasteiger partial charge is 0.220 e. The van der Waals surface area contributed by atoms with E-state index < -0.39 is 0 Å². The number of hydrogen-bond acceptors (Lipinski definition) is 3. The summed E-state index contributed by atoms with van der Waals surface area (Å²) in [5, 5.41) is 3.06. The van der Waals surface area contributed by atoms with Crippen molar-refractivity contribution in [3.05, 3.63) is 30.1 Å². The summed E-state index contributed by atoms with van der Waals surface area (Å²) in [4.78, 5) is 16.0. The van der Waals surface area contributed by atoms with Crippen molar-refractivity contribution < 1.29 is 4.79 Å². The van der Waals surface area contributed by atoms with Gasteiger partial charge in [-0.05, 0) is 44.2 Å². The molecule has 1 saturated carbocycles. The fourth-order valence-corrected chi connectivity index (χ4v) is 2.42. The van der Waals surface area contributed by atoms with Gasteiger partial charge in [-0.2, -0.15) is 0 Å². The predicted octanol–water partition coefficient (Wildman–Crippen LogP) is 1.40. The zero-order valence-corrected chi connectivity index (χ0v) is 10.6. The Morgan fingerprint density at radius 1 is 1.44 bits per heavy atom. The third-order valence-corrected chi connectivity index (χ3v) is 3.40. The van der Waals surface area contributed by atoms with Crippen LogP contribution in [0, 0.1) is 0 Å². The number of carbonyl (C=O) groups excluding carboxylic acids is 1. The molecule has 0 aliphatic heterocycles. The van der Waals surface area contributed by atoms with Crippen LogP contribution in [0.4, 0.5) is 0 Å². The van der Waals surface area contributed by atoms with Gasteiger partial charge in [0.2, 0.25) is 5.91 Å². The van der Waals surface area contributed by atoms with Crippen molar-refractivity contribution in [3.8, 4) is 0 Å². The first-order chi connectivity index (χ1) is 8.74. The minimum Gasteiger partial charge on any atom is -0.353 e. The zero-order chi connectivity index (χ0) is 12.8. The summed E-state index contributed by atoms with van der Waals surface area (Å²) >= 11 is 0. The monoisotopic (exact) mass is 247 g/mol. The predicted molar refractivity (Wildman–Crippen MR) is 70.9 cm³/mol. The first kappa shape index (κ1) is 13.0. The molecule has 1 aliphatic carbocycles. The Balaban J connectivity index is 1.63. The quantitative estimate of drug-likeness (QED) is 0.826. The highest BCUT2D eigenvalue weighted by Gasteiger charge is 2.22. The molecule has 1 heterocycles. The van der Waals surface area contributed by atoms with Gasteiger partial charge in [0.15, 0.2) is 0 Å². The van der Waals surface area contributed by atoms with Gasteiger partial charge in [0.1, 0.15) is 0 Å². The Bertz CT molecular complexity index is 380. The minimum atomic E-state index is 0.144. The van der Waals surface area contributed by atoms with E-state index in [0.29, 0.717) is 12.5 Å². The molecule has 2 rings (SSSR count). The maximum absolute atomic E-state index is 11.7. The van der Waals surface area contributed by atoms with Gasteiger partial charge in [-0.3, -0.25) is 9.78 Å². The van der Waals surface area contributed by atoms with Gasteiger partial charge in [-0.1, -0.05) is 6.07 Å². The van der Waals surface area contributed by atoms with Crippen LogP contribution in [0.5, 0.6) is 0 Å². The highest BCUT2D eigenvalue weighted by molar-refractivity contribution is 5.76. The van der Waals surface area contributed by atoms with Crippen LogP contribution in [-0.2, 0) is 11.2 Å². The molecule has 4 nitrogen and oxygen atoms in total. The summed E-state index contributed by atoms with van der Waals surface area (Å²) in [6.07, 6.45) is 7.04. The summed E-state index contributed by atoms with van der Waals surface area (Å²) < 4.78 is 0. The molecule has 2 unspecified atom stereocenters. The molecule has 2 atom stereocenters. The number of amides is 1. The second-order valence-electron chi connectivity index (χ2n) is 5.01. The molecule has 0 radical (unpaired) electrons. The number of carbonyl (C=O) groups is 1. The molecule has 0 spiro atoms. The minimum absolute atomic E-state index is 0.144. The number of aryl methyl sites for hydroxylation is 1. The van der Waals surface area contributed by atoms with E-state index in [1.54, 1.807) is 6.20 Å². The molecule has 1 aromatic rings. The lowest BCUT2D eigenvalue weighted by molar-refractivity contribution is -0.121. The van der Waals surface area contributed by atoms with E-state index in [1.165, 1.54) is 0 Å². The van der Waals surface area contributed by atoms with Crippen LogP contribution < -0.4 is 11.1 Å². The van der Waals surface area contributed by atoms with E-state index >= 15 is 0 Å². The number of nitrogens with zero attached hydrogens (tertiary/aromatic N) is 1. The lowest BCUT2D eigenvalue weighted by atomic mass is 10.1. The fourth-order valence-electron chi connectivity index (χ4n) is 2.42. The highest BCUT2D eigenvalue weighted by Crippen LogP contribution is 2.17. The van der Waals surface area contributed by atoms with Gasteiger partial charge in [-0.25, -0.2) is 0 Å². The first-order valence-electron chi connectivity index (χ1n) is 6.69. The largest absolute Gasteiger partial charge is 0.353 e. The number of pyridine rings is 1. The van der Waals surface area contributed by atoms with Crippen molar-refractivity contribution in [2.45, 2.75) is 50.6 Å². The third kappa shape index (κ3) is 4.11. The number of hydrogen-bond donors (Lipinski definition) is 2. The van der Waals surface area contributed by atoms with Gasteiger partial charge in [0.05, 0.1) is 0 Å². The lowest BCUT2D eigenvalue weighted by Crippen LogP contribution is -2.33. The maximum atomic E-state index is 11.7. The molecule has 0 bridgehead atoms. The van der Waals surface area contributed by atoms with Crippen LogP contribution in [0.3, 0.4) is 0 Å². The highest BCUT2D eigenvalue weighted by atomic mass is 16.1. The number of rotatable bonds is 5. The average molecular weight is 247 g/mol. The molecule has 18 heavy (non-hydrogen) atoms. The Kier molecular flexibility index (Phi) is 4.70. The van der Waals surface area contributed by atoms with Crippen molar-refractivity contribution >= 4 is 5.91 Å². The van der Waals surface area contributed by atoms with E-state index in [9.17, 15) is 4.79 Å². The second-order valence-corrected chi connectivity index (χ2v) is 5.01. The third-order valence-electron chi connectivity index (χ3n) is 3.40. The molecule has 0 aromatic carbocycles. The Morgan fingerprint density at radius 2 is 2.33 bits per heavy atom. The number of aromatic nitrogens is 1. The molecular weight excluding hydrogens is 226 g/mol. The van der Waals surface area contributed by atoms with Crippen LogP contribution in [0.25, 0.3) is 0 Å². The van der Waals surface area contributed by atoms with Crippen molar-refractivity contribution in [1.82, 2.24) is 10.3 Å². The van der Waals surface area contributed by atoms with Crippen LogP contribution in [-0.4, -0.2) is 23.0 Å². The van der Waals surface area contributed by atoms with Crippen LogP contribution >= 0.6 is 0 Å². The van der Waals surface area contributed by atoms with Crippen LogP contribution in [0.15, 0.2) is 24.4 Å². The summed E-state index contributed by atoms with van der Waals surface area (Å²) in [7, 11) is 0. The molecule has 1 aliphatic rings. The van der Waals surface area contributed by atoms with Gasteiger partial charge >= 0.3 is 0 Å². The number of nitrogens with one attached hydrogen (secondary N) is 1. The van der Waals surface area contributed by atoms with Gasteiger partial charge in [0.25, 0.3) is 0 Å². The van der Waals surface area contributed by atoms with E-state index in [1.807, 2.05) is 18.2 Å². The second kappa shape index (κ2) is 6.50. The summed E-state index contributed by atoms with van der Waals surface area (Å²) in [5.41, 5.74) is 6.87. The molecule has 4 heteroatoms. The molecule has 3 N–H and O–H groups in total. The first-order valence-corrected chi connectivity index (χ1v) is 6.69. The standard InChI is InChI=1S/C14H21N3O/c15-11-7-8-13(10-11)17-14(18)6-3-5-12-4-1-2-9-16-12/h1-2,4,9,11,13H,3,5-8,10,15H2,(H,17,18). The molecular formula is C14H21N3O. The summed E-state index contributed by atoms with van der Waals surface area (Å²) in [5.74, 6) is 0.144. The Hall–Kier alpha value is -1.42.